The van der Waals surface area contributed by atoms with Gasteiger partial charge in [-0.25, -0.2) is 0 Å². The number of carbonyl (C=O) groups excluding carboxylic acids is 1. The Hall–Kier alpha value is -3.32. The summed E-state index contributed by atoms with van der Waals surface area (Å²) in [7, 11) is 0. The Labute approximate surface area is 188 Å². The van der Waals surface area contributed by atoms with Gasteiger partial charge in [0.05, 0.1) is 6.61 Å². The molecule has 0 saturated heterocycles. The first-order valence-corrected chi connectivity index (χ1v) is 11.2. The lowest BCUT2D eigenvalue weighted by Crippen LogP contribution is -2.41. The van der Waals surface area contributed by atoms with Gasteiger partial charge < -0.3 is 26.1 Å². The second-order valence-corrected chi connectivity index (χ2v) is 8.48. The van der Waals surface area contributed by atoms with Crippen LogP contribution in [0.25, 0.3) is 10.9 Å². The topological polar surface area (TPSA) is 119 Å². The quantitative estimate of drug-likeness (QED) is 0.270. The molecule has 0 radical (unpaired) electrons. The number of carbonyl (C=O) groups is 1. The van der Waals surface area contributed by atoms with Gasteiger partial charge in [0, 0.05) is 40.8 Å². The highest BCUT2D eigenvalue weighted by molar-refractivity contribution is 6.01. The summed E-state index contributed by atoms with van der Waals surface area (Å²) < 4.78 is 7.39. The first-order valence-electron chi connectivity index (χ1n) is 11.2. The second kappa shape index (κ2) is 9.44. The lowest BCUT2D eigenvalue weighted by molar-refractivity contribution is 0.0917. The van der Waals surface area contributed by atoms with Gasteiger partial charge in [-0.15, -0.1) is 0 Å². The van der Waals surface area contributed by atoms with Gasteiger partial charge in [0.2, 0.25) is 5.90 Å². The predicted molar refractivity (Wildman–Crippen MR) is 128 cm³/mol. The van der Waals surface area contributed by atoms with Gasteiger partial charge in [-0.3, -0.25) is 10.2 Å². The molecule has 168 valence electrons. The van der Waals surface area contributed by atoms with Crippen molar-refractivity contribution in [2.75, 3.05) is 12.3 Å². The van der Waals surface area contributed by atoms with Crippen LogP contribution in [0.3, 0.4) is 0 Å². The molecule has 3 aromatic rings. The molecule has 1 heterocycles. The number of hydrogen-bond acceptors (Lipinski definition) is 5. The van der Waals surface area contributed by atoms with Gasteiger partial charge in [0.25, 0.3) is 5.91 Å². The zero-order valence-corrected chi connectivity index (χ0v) is 18.4. The first-order chi connectivity index (χ1) is 15.4. The molecule has 6 N–H and O–H groups in total. The molecule has 4 rings (SSSR count). The van der Waals surface area contributed by atoms with Crippen molar-refractivity contribution in [3.8, 4) is 0 Å². The molecule has 0 unspecified atom stereocenters. The van der Waals surface area contributed by atoms with Crippen molar-refractivity contribution in [3.05, 3.63) is 65.4 Å². The molecule has 0 bridgehead atoms. The highest BCUT2D eigenvalue weighted by Gasteiger charge is 2.23. The summed E-state index contributed by atoms with van der Waals surface area (Å²) in [6, 6.07) is 15.7. The fourth-order valence-electron chi connectivity index (χ4n) is 4.31. The molecule has 1 saturated carbocycles. The van der Waals surface area contributed by atoms with Gasteiger partial charge >= 0.3 is 0 Å². The van der Waals surface area contributed by atoms with Crippen LogP contribution in [-0.2, 0) is 11.3 Å². The van der Waals surface area contributed by atoms with Crippen LogP contribution in [0.2, 0.25) is 0 Å². The third-order valence-electron chi connectivity index (χ3n) is 6.12. The van der Waals surface area contributed by atoms with Gasteiger partial charge in [-0.1, -0.05) is 18.2 Å². The molecule has 32 heavy (non-hydrogen) atoms. The lowest BCUT2D eigenvalue weighted by Gasteiger charge is -2.27. The van der Waals surface area contributed by atoms with E-state index in [4.69, 9.17) is 21.6 Å². The van der Waals surface area contributed by atoms with Crippen LogP contribution in [-0.4, -0.2) is 35.1 Å². The van der Waals surface area contributed by atoms with Crippen molar-refractivity contribution < 1.29 is 9.53 Å². The predicted octanol–water partition coefficient (Wildman–Crippen LogP) is 3.63. The van der Waals surface area contributed by atoms with E-state index in [-0.39, 0.29) is 23.9 Å². The monoisotopic (exact) mass is 433 g/mol. The van der Waals surface area contributed by atoms with E-state index in [0.717, 1.165) is 42.1 Å². The molecule has 1 amide bonds. The standard InChI is InChI=1S/C25H31N5O2/c1-2-32-24(28)18-6-5-17-13-23(25(31)29-21-11-9-20(27)10-12-21)30(22(17)14-18)15-16-3-7-19(26)8-4-16/h3-8,13-14,20-21,28H,2,9-12,15,26-27H2,1H3,(H,29,31). The first kappa shape index (κ1) is 21.9. The van der Waals surface area contributed by atoms with Crippen LogP contribution in [0.5, 0.6) is 0 Å². The number of fused-ring (bicyclic) bond motifs is 1. The number of amides is 1. The minimum Gasteiger partial charge on any atom is -0.478 e. The van der Waals surface area contributed by atoms with E-state index in [1.807, 2.05) is 60.0 Å². The van der Waals surface area contributed by atoms with E-state index in [1.54, 1.807) is 0 Å². The van der Waals surface area contributed by atoms with E-state index in [2.05, 4.69) is 5.32 Å². The number of benzene rings is 2. The highest BCUT2D eigenvalue weighted by atomic mass is 16.5. The summed E-state index contributed by atoms with van der Waals surface area (Å²) in [6.07, 6.45) is 3.67. The van der Waals surface area contributed by atoms with E-state index >= 15 is 0 Å². The third kappa shape index (κ3) is 4.78. The molecule has 2 aromatic carbocycles. The number of ether oxygens (including phenoxy) is 1. The van der Waals surface area contributed by atoms with Crippen LogP contribution >= 0.6 is 0 Å². The summed E-state index contributed by atoms with van der Waals surface area (Å²) in [5, 5.41) is 12.3. The molecule has 1 aliphatic rings. The highest BCUT2D eigenvalue weighted by Crippen LogP contribution is 2.25. The summed E-state index contributed by atoms with van der Waals surface area (Å²) in [5.74, 6) is 0.0396. The Kier molecular flexibility index (Phi) is 6.46. The summed E-state index contributed by atoms with van der Waals surface area (Å²) in [6.45, 7) is 2.81. The molecule has 0 spiro atoms. The number of anilines is 1. The van der Waals surface area contributed by atoms with Gasteiger partial charge in [0.1, 0.15) is 5.69 Å². The molecule has 0 atom stereocenters. The Morgan fingerprint density at radius 3 is 2.53 bits per heavy atom. The minimum atomic E-state index is -0.0847. The molecule has 1 fully saturated rings. The number of aromatic nitrogens is 1. The molecule has 7 nitrogen and oxygen atoms in total. The smallest absolute Gasteiger partial charge is 0.268 e. The Morgan fingerprint density at radius 2 is 1.84 bits per heavy atom. The molecule has 1 aromatic heterocycles. The fourth-order valence-corrected chi connectivity index (χ4v) is 4.31. The normalized spacial score (nSPS) is 18.4. The average Bonchev–Trinajstić information content (AvgIpc) is 3.15. The van der Waals surface area contributed by atoms with Gasteiger partial charge in [-0.05, 0) is 68.5 Å². The summed E-state index contributed by atoms with van der Waals surface area (Å²) in [4.78, 5) is 13.3. The van der Waals surface area contributed by atoms with Crippen LogP contribution in [0, 0.1) is 5.41 Å². The maximum Gasteiger partial charge on any atom is 0.268 e. The van der Waals surface area contributed by atoms with E-state index in [0.29, 0.717) is 30.1 Å². The third-order valence-corrected chi connectivity index (χ3v) is 6.12. The molecule has 0 aliphatic heterocycles. The van der Waals surface area contributed by atoms with Crippen molar-refractivity contribution in [2.24, 2.45) is 5.73 Å². The minimum absolute atomic E-state index is 0.0847. The molecule has 1 aliphatic carbocycles. The van der Waals surface area contributed by atoms with Crippen LogP contribution in [0.4, 0.5) is 5.69 Å². The Balaban J connectivity index is 1.70. The fraction of sp³-hybridized carbons (Fsp3) is 0.360. The van der Waals surface area contributed by atoms with E-state index in [1.165, 1.54) is 0 Å². The average molecular weight is 434 g/mol. The van der Waals surface area contributed by atoms with Crippen LogP contribution < -0.4 is 16.8 Å². The number of rotatable bonds is 6. The van der Waals surface area contributed by atoms with E-state index in [9.17, 15) is 4.79 Å². The van der Waals surface area contributed by atoms with E-state index < -0.39 is 0 Å². The van der Waals surface area contributed by atoms with Crippen molar-refractivity contribution in [2.45, 2.75) is 51.2 Å². The van der Waals surface area contributed by atoms with Gasteiger partial charge in [-0.2, -0.15) is 0 Å². The largest absolute Gasteiger partial charge is 0.478 e. The summed E-state index contributed by atoms with van der Waals surface area (Å²) >= 11 is 0. The number of nitrogens with two attached hydrogens (primary N) is 2. The zero-order chi connectivity index (χ0) is 22.7. The molecular weight excluding hydrogens is 402 g/mol. The van der Waals surface area contributed by atoms with Crippen LogP contribution in [0.15, 0.2) is 48.5 Å². The number of nitrogens with one attached hydrogen (secondary N) is 2. The maximum absolute atomic E-state index is 13.3. The summed E-state index contributed by atoms with van der Waals surface area (Å²) in [5.41, 5.74) is 15.8. The van der Waals surface area contributed by atoms with Crippen LogP contribution in [0.1, 0.15) is 54.2 Å². The maximum atomic E-state index is 13.3. The molecule has 7 heteroatoms. The Morgan fingerprint density at radius 1 is 1.12 bits per heavy atom. The van der Waals surface area contributed by atoms with Crippen molar-refractivity contribution in [1.82, 2.24) is 9.88 Å². The lowest BCUT2D eigenvalue weighted by atomic mass is 9.92. The second-order valence-electron chi connectivity index (χ2n) is 8.48. The van der Waals surface area contributed by atoms with Crippen molar-refractivity contribution in [3.63, 3.8) is 0 Å². The number of hydrogen-bond donors (Lipinski definition) is 4. The SMILES string of the molecule is CCOC(=N)c1ccc2cc(C(=O)NC3CCC(N)CC3)n(Cc3ccc(N)cc3)c2c1. The zero-order valence-electron chi connectivity index (χ0n) is 18.4. The van der Waals surface area contributed by atoms with Gasteiger partial charge in [0.15, 0.2) is 0 Å². The Bertz CT molecular complexity index is 1110. The van der Waals surface area contributed by atoms with Crippen molar-refractivity contribution in [1.29, 1.82) is 5.41 Å². The van der Waals surface area contributed by atoms with Crippen molar-refractivity contribution >= 4 is 28.4 Å². The molecular formula is C25H31N5O2. The number of nitrogens with zero attached hydrogens (tertiary/aromatic N) is 1. The number of nitrogen functional groups attached to an aromatic ring is 1.